The molecule has 0 aliphatic carbocycles. The highest BCUT2D eigenvalue weighted by molar-refractivity contribution is 7.99. The van der Waals surface area contributed by atoms with Crippen molar-refractivity contribution in [2.75, 3.05) is 59.8 Å². The second kappa shape index (κ2) is 10.7. The van der Waals surface area contributed by atoms with E-state index in [1.54, 1.807) is 39.2 Å². The minimum atomic E-state index is -0.133. The monoisotopic (exact) mass is 420 g/mol. The third kappa shape index (κ3) is 5.56. The Kier molecular flexibility index (Phi) is 8.03. The second-order valence-electron chi connectivity index (χ2n) is 6.89. The van der Waals surface area contributed by atoms with Crippen LogP contribution in [0.4, 0.5) is 4.39 Å². The molecule has 29 heavy (non-hydrogen) atoms. The van der Waals surface area contributed by atoms with E-state index in [0.717, 1.165) is 61.2 Å². The molecular formula is C22H29FN2O3S. The number of benzene rings is 2. The van der Waals surface area contributed by atoms with E-state index in [4.69, 9.17) is 14.2 Å². The van der Waals surface area contributed by atoms with Gasteiger partial charge in [0.05, 0.1) is 21.3 Å². The fraction of sp³-hybridized carbons (Fsp3) is 0.455. The van der Waals surface area contributed by atoms with E-state index in [-0.39, 0.29) is 5.82 Å². The highest BCUT2D eigenvalue weighted by Crippen LogP contribution is 2.40. The van der Waals surface area contributed by atoms with Crippen molar-refractivity contribution in [3.05, 3.63) is 47.8 Å². The number of ether oxygens (including phenoxy) is 3. The molecule has 1 aliphatic rings. The molecule has 158 valence electrons. The first-order valence-corrected chi connectivity index (χ1v) is 10.7. The number of halogens is 1. The summed E-state index contributed by atoms with van der Waals surface area (Å²) < 4.78 is 30.2. The minimum Gasteiger partial charge on any atom is -0.493 e. The Bertz CT molecular complexity index is 798. The highest BCUT2D eigenvalue weighted by atomic mass is 32.2. The molecule has 0 unspecified atom stereocenters. The molecule has 0 saturated carbocycles. The molecule has 2 aromatic carbocycles. The summed E-state index contributed by atoms with van der Waals surface area (Å²) in [5.41, 5.74) is 1.09. The summed E-state index contributed by atoms with van der Waals surface area (Å²) >= 11 is 1.58. The van der Waals surface area contributed by atoms with Crippen molar-refractivity contribution < 1.29 is 18.6 Å². The average Bonchev–Trinajstić information content (AvgIpc) is 2.75. The van der Waals surface area contributed by atoms with Gasteiger partial charge < -0.3 is 14.2 Å². The van der Waals surface area contributed by atoms with Gasteiger partial charge in [0.25, 0.3) is 0 Å². The van der Waals surface area contributed by atoms with E-state index in [9.17, 15) is 4.39 Å². The zero-order chi connectivity index (χ0) is 20.6. The molecule has 0 aromatic heterocycles. The van der Waals surface area contributed by atoms with Crippen molar-refractivity contribution >= 4 is 11.8 Å². The highest BCUT2D eigenvalue weighted by Gasteiger charge is 2.21. The van der Waals surface area contributed by atoms with Gasteiger partial charge in [-0.05, 0) is 18.2 Å². The lowest BCUT2D eigenvalue weighted by Crippen LogP contribution is -2.46. The fourth-order valence-corrected chi connectivity index (χ4v) is 4.50. The van der Waals surface area contributed by atoms with E-state index in [2.05, 4.69) is 9.80 Å². The summed E-state index contributed by atoms with van der Waals surface area (Å²) in [4.78, 5) is 5.59. The fourth-order valence-electron chi connectivity index (χ4n) is 3.55. The number of hydrogen-bond donors (Lipinski definition) is 0. The van der Waals surface area contributed by atoms with Crippen LogP contribution in [0.15, 0.2) is 41.3 Å². The van der Waals surface area contributed by atoms with Crippen molar-refractivity contribution in [1.29, 1.82) is 0 Å². The molecule has 0 spiro atoms. The zero-order valence-corrected chi connectivity index (χ0v) is 18.1. The molecular weight excluding hydrogens is 391 g/mol. The van der Waals surface area contributed by atoms with Gasteiger partial charge in [-0.15, -0.1) is 11.8 Å². The molecule has 7 heteroatoms. The first-order chi connectivity index (χ1) is 14.2. The Balaban J connectivity index is 1.49. The summed E-state index contributed by atoms with van der Waals surface area (Å²) in [6.07, 6.45) is 0. The van der Waals surface area contributed by atoms with Crippen LogP contribution in [0.25, 0.3) is 0 Å². The van der Waals surface area contributed by atoms with Gasteiger partial charge in [-0.1, -0.05) is 18.2 Å². The Hall–Kier alpha value is -1.96. The van der Waals surface area contributed by atoms with Gasteiger partial charge in [0.2, 0.25) is 5.75 Å². The van der Waals surface area contributed by atoms with Crippen LogP contribution in [0.1, 0.15) is 5.56 Å². The maximum Gasteiger partial charge on any atom is 0.203 e. The first kappa shape index (κ1) is 21.7. The molecule has 1 heterocycles. The summed E-state index contributed by atoms with van der Waals surface area (Å²) in [5.74, 6) is 2.80. The number of piperazine rings is 1. The molecule has 2 aromatic rings. The van der Waals surface area contributed by atoms with E-state index >= 15 is 0 Å². The zero-order valence-electron chi connectivity index (χ0n) is 17.3. The standard InChI is InChI=1S/C22H29FN2O3S/c1-26-19-9-8-17(21(27-2)22(19)28-3)16-25-12-10-24(11-13-25)14-15-29-20-7-5-4-6-18(20)23/h4-9H,10-16H2,1-3H3. The topological polar surface area (TPSA) is 34.2 Å². The van der Waals surface area contributed by atoms with Gasteiger partial charge in [0, 0.05) is 55.5 Å². The van der Waals surface area contributed by atoms with Crippen LogP contribution in [0.2, 0.25) is 0 Å². The summed E-state index contributed by atoms with van der Waals surface area (Å²) in [5, 5.41) is 0. The molecule has 0 N–H and O–H groups in total. The number of rotatable bonds is 9. The number of methoxy groups -OCH3 is 3. The van der Waals surface area contributed by atoms with Crippen LogP contribution >= 0.6 is 11.8 Å². The number of nitrogens with zero attached hydrogens (tertiary/aromatic N) is 2. The van der Waals surface area contributed by atoms with E-state index < -0.39 is 0 Å². The molecule has 1 saturated heterocycles. The van der Waals surface area contributed by atoms with Gasteiger partial charge in [-0.25, -0.2) is 4.39 Å². The minimum absolute atomic E-state index is 0.133. The van der Waals surface area contributed by atoms with Crippen LogP contribution in [0.5, 0.6) is 17.2 Å². The molecule has 0 amide bonds. The normalized spacial score (nSPS) is 15.3. The third-order valence-electron chi connectivity index (χ3n) is 5.15. The van der Waals surface area contributed by atoms with Crippen molar-refractivity contribution in [3.63, 3.8) is 0 Å². The quantitative estimate of drug-likeness (QED) is 0.575. The van der Waals surface area contributed by atoms with E-state index in [1.165, 1.54) is 6.07 Å². The molecule has 3 rings (SSSR count). The van der Waals surface area contributed by atoms with Crippen molar-refractivity contribution in [2.45, 2.75) is 11.4 Å². The predicted molar refractivity (Wildman–Crippen MR) is 115 cm³/mol. The SMILES string of the molecule is COc1ccc(CN2CCN(CCSc3ccccc3F)CC2)c(OC)c1OC. The predicted octanol–water partition coefficient (Wildman–Crippen LogP) is 3.76. The second-order valence-corrected chi connectivity index (χ2v) is 8.03. The Labute approximate surface area is 176 Å². The molecule has 1 aliphatic heterocycles. The lowest BCUT2D eigenvalue weighted by molar-refractivity contribution is 0.131. The Morgan fingerprint density at radius 1 is 0.862 bits per heavy atom. The first-order valence-electron chi connectivity index (χ1n) is 9.76. The average molecular weight is 421 g/mol. The smallest absolute Gasteiger partial charge is 0.203 e. The van der Waals surface area contributed by atoms with E-state index in [0.29, 0.717) is 11.5 Å². The molecule has 0 radical (unpaired) electrons. The number of hydrogen-bond acceptors (Lipinski definition) is 6. The maximum atomic E-state index is 13.7. The van der Waals surface area contributed by atoms with Crippen molar-refractivity contribution in [2.24, 2.45) is 0 Å². The van der Waals surface area contributed by atoms with Crippen LogP contribution < -0.4 is 14.2 Å². The van der Waals surface area contributed by atoms with Gasteiger partial charge in [-0.2, -0.15) is 0 Å². The third-order valence-corrected chi connectivity index (χ3v) is 6.18. The molecule has 1 fully saturated rings. The lowest BCUT2D eigenvalue weighted by atomic mass is 10.1. The van der Waals surface area contributed by atoms with Crippen LogP contribution in [0.3, 0.4) is 0 Å². The van der Waals surface area contributed by atoms with Gasteiger partial charge in [0.1, 0.15) is 5.82 Å². The Morgan fingerprint density at radius 2 is 1.55 bits per heavy atom. The Morgan fingerprint density at radius 3 is 2.21 bits per heavy atom. The van der Waals surface area contributed by atoms with Crippen molar-refractivity contribution in [1.82, 2.24) is 9.80 Å². The number of thioether (sulfide) groups is 1. The lowest BCUT2D eigenvalue weighted by Gasteiger charge is -2.35. The van der Waals surface area contributed by atoms with Gasteiger partial charge in [-0.3, -0.25) is 9.80 Å². The van der Waals surface area contributed by atoms with Gasteiger partial charge >= 0.3 is 0 Å². The van der Waals surface area contributed by atoms with Crippen LogP contribution in [0, 0.1) is 5.82 Å². The molecule has 0 bridgehead atoms. The molecule has 5 nitrogen and oxygen atoms in total. The summed E-state index contributed by atoms with van der Waals surface area (Å²) in [6.45, 7) is 5.76. The van der Waals surface area contributed by atoms with Crippen LogP contribution in [-0.4, -0.2) is 69.6 Å². The molecule has 0 atom stereocenters. The van der Waals surface area contributed by atoms with E-state index in [1.807, 2.05) is 24.3 Å². The summed E-state index contributed by atoms with van der Waals surface area (Å²) in [7, 11) is 4.91. The van der Waals surface area contributed by atoms with Crippen LogP contribution in [-0.2, 0) is 6.54 Å². The van der Waals surface area contributed by atoms with Crippen molar-refractivity contribution in [3.8, 4) is 17.2 Å². The largest absolute Gasteiger partial charge is 0.493 e. The maximum absolute atomic E-state index is 13.7. The van der Waals surface area contributed by atoms with Gasteiger partial charge in [0.15, 0.2) is 11.5 Å². The summed E-state index contributed by atoms with van der Waals surface area (Å²) in [6, 6.07) is 10.9.